The Hall–Kier alpha value is -2.05. The van der Waals surface area contributed by atoms with Gasteiger partial charge in [-0.2, -0.15) is 0 Å². The molecule has 2 aliphatic carbocycles. The molecule has 0 heterocycles. The van der Waals surface area contributed by atoms with Gasteiger partial charge in [-0.1, -0.05) is 30.3 Å². The van der Waals surface area contributed by atoms with Crippen LogP contribution in [-0.2, 0) is 9.59 Å². The molecular weight excluding hydrogens is 372 g/mol. The Bertz CT molecular complexity index is 862. The van der Waals surface area contributed by atoms with Crippen LogP contribution in [-0.4, -0.2) is 52.8 Å². The van der Waals surface area contributed by atoms with Crippen molar-refractivity contribution in [2.24, 2.45) is 5.92 Å². The minimum absolute atomic E-state index is 0.0496. The molecular formula is C22H26N2O3S. The van der Waals surface area contributed by atoms with Crippen LogP contribution >= 0.6 is 11.8 Å². The summed E-state index contributed by atoms with van der Waals surface area (Å²) < 4.78 is 0. The maximum atomic E-state index is 12.3. The van der Waals surface area contributed by atoms with E-state index in [1.54, 1.807) is 11.8 Å². The lowest BCUT2D eigenvalue weighted by Crippen LogP contribution is -2.55. The average molecular weight is 399 g/mol. The zero-order chi connectivity index (χ0) is 19.5. The molecule has 1 amide bonds. The summed E-state index contributed by atoms with van der Waals surface area (Å²) >= 11 is 1.55. The summed E-state index contributed by atoms with van der Waals surface area (Å²) in [7, 11) is 0. The van der Waals surface area contributed by atoms with Gasteiger partial charge in [0.15, 0.2) is 0 Å². The minimum atomic E-state index is -0.764. The molecule has 2 aromatic carbocycles. The third-order valence-electron chi connectivity index (χ3n) is 5.61. The Morgan fingerprint density at radius 3 is 2.57 bits per heavy atom. The van der Waals surface area contributed by atoms with Crippen molar-refractivity contribution < 1.29 is 14.7 Å². The van der Waals surface area contributed by atoms with Crippen molar-refractivity contribution in [2.45, 2.75) is 42.7 Å². The molecule has 0 radical (unpaired) electrons. The van der Waals surface area contributed by atoms with Gasteiger partial charge in [-0.15, -0.1) is 11.8 Å². The lowest BCUT2D eigenvalue weighted by atomic mass is 9.85. The topological polar surface area (TPSA) is 69.6 Å². The summed E-state index contributed by atoms with van der Waals surface area (Å²) in [5.41, 5.74) is 0. The van der Waals surface area contributed by atoms with Crippen molar-refractivity contribution >= 4 is 34.4 Å². The van der Waals surface area contributed by atoms with E-state index in [1.165, 1.54) is 23.6 Å². The Kier molecular flexibility index (Phi) is 5.87. The molecule has 0 atom stereocenters. The monoisotopic (exact) mass is 398 g/mol. The van der Waals surface area contributed by atoms with Crippen molar-refractivity contribution in [3.8, 4) is 0 Å². The van der Waals surface area contributed by atoms with Crippen LogP contribution in [0.2, 0.25) is 0 Å². The van der Waals surface area contributed by atoms with E-state index in [9.17, 15) is 9.59 Å². The number of hydrogen-bond acceptors (Lipinski definition) is 4. The van der Waals surface area contributed by atoms with Crippen molar-refractivity contribution in [2.75, 3.05) is 18.8 Å². The summed E-state index contributed by atoms with van der Waals surface area (Å²) in [5.74, 6) is 0.361. The molecule has 0 spiro atoms. The fourth-order valence-corrected chi connectivity index (χ4v) is 4.58. The van der Waals surface area contributed by atoms with E-state index in [2.05, 4.69) is 40.5 Å². The highest BCUT2D eigenvalue weighted by Gasteiger charge is 2.37. The molecule has 2 N–H and O–H groups in total. The van der Waals surface area contributed by atoms with Gasteiger partial charge >= 0.3 is 5.97 Å². The summed E-state index contributed by atoms with van der Waals surface area (Å²) in [5, 5.41) is 14.6. The molecule has 2 aromatic rings. The molecule has 2 fully saturated rings. The third kappa shape index (κ3) is 5.06. The molecule has 6 heteroatoms. The van der Waals surface area contributed by atoms with Crippen molar-refractivity contribution in [3.05, 3.63) is 42.5 Å². The van der Waals surface area contributed by atoms with Gasteiger partial charge in [0.1, 0.15) is 0 Å². The summed E-state index contributed by atoms with van der Waals surface area (Å²) in [4.78, 5) is 26.6. The van der Waals surface area contributed by atoms with Gasteiger partial charge in [-0.25, -0.2) is 0 Å². The van der Waals surface area contributed by atoms with Gasteiger partial charge in [-0.05, 0) is 54.5 Å². The molecule has 0 bridgehead atoms. The Balaban J connectivity index is 1.21. The largest absolute Gasteiger partial charge is 0.480 e. The molecule has 0 aromatic heterocycles. The fraction of sp³-hybridized carbons (Fsp3) is 0.455. The smallest absolute Gasteiger partial charge is 0.317 e. The number of hydrogen-bond donors (Lipinski definition) is 2. The molecule has 5 nitrogen and oxygen atoms in total. The molecule has 4 rings (SSSR count). The Morgan fingerprint density at radius 2 is 1.86 bits per heavy atom. The van der Waals surface area contributed by atoms with E-state index in [4.69, 9.17) is 5.11 Å². The number of nitrogens with one attached hydrogen (secondary N) is 1. The first kappa shape index (κ1) is 19.3. The highest BCUT2D eigenvalue weighted by atomic mass is 32.2. The van der Waals surface area contributed by atoms with E-state index in [1.807, 2.05) is 12.1 Å². The van der Waals surface area contributed by atoms with Gasteiger partial charge in [-0.3, -0.25) is 14.5 Å². The lowest BCUT2D eigenvalue weighted by molar-refractivity contribution is -0.140. The standard InChI is InChI=1S/C22H26N2O3S/c25-21(14-28-20-8-7-16-3-1-2-4-17(16)9-20)23-18-10-19(11-18)24(13-22(26)27)12-15-5-6-15/h1-4,7-9,15,18-19H,5-6,10-14H2,(H,23,25)(H,26,27). The molecule has 148 valence electrons. The number of nitrogens with zero attached hydrogens (tertiary/aromatic N) is 1. The molecule has 0 aliphatic heterocycles. The van der Waals surface area contributed by atoms with Crippen molar-refractivity contribution in [1.82, 2.24) is 10.2 Å². The fourth-order valence-electron chi connectivity index (χ4n) is 3.83. The SMILES string of the molecule is O=C(O)CN(CC1CC1)C1CC(NC(=O)CSc2ccc3ccccc3c2)C1. The van der Waals surface area contributed by atoms with Crippen LogP contribution in [0.5, 0.6) is 0 Å². The lowest BCUT2D eigenvalue weighted by Gasteiger charge is -2.42. The highest BCUT2D eigenvalue weighted by Crippen LogP contribution is 2.34. The first-order chi connectivity index (χ1) is 13.6. The maximum absolute atomic E-state index is 12.3. The average Bonchev–Trinajstić information content (AvgIpc) is 3.45. The summed E-state index contributed by atoms with van der Waals surface area (Å²) in [6.45, 7) is 0.995. The van der Waals surface area contributed by atoms with Crippen LogP contribution in [0, 0.1) is 5.92 Å². The maximum Gasteiger partial charge on any atom is 0.317 e. The van der Waals surface area contributed by atoms with Crippen LogP contribution < -0.4 is 5.32 Å². The predicted octanol–water partition coefficient (Wildman–Crippen LogP) is 3.38. The second-order valence-electron chi connectivity index (χ2n) is 7.95. The van der Waals surface area contributed by atoms with E-state index < -0.39 is 5.97 Å². The number of fused-ring (bicyclic) bond motifs is 1. The van der Waals surface area contributed by atoms with Gasteiger partial charge in [0.05, 0.1) is 12.3 Å². The van der Waals surface area contributed by atoms with E-state index in [0.29, 0.717) is 11.7 Å². The number of carboxylic acid groups (broad SMARTS) is 1. The number of benzene rings is 2. The summed E-state index contributed by atoms with van der Waals surface area (Å²) in [6.07, 6.45) is 4.14. The van der Waals surface area contributed by atoms with Crippen molar-refractivity contribution in [1.29, 1.82) is 0 Å². The van der Waals surface area contributed by atoms with Gasteiger partial charge in [0.2, 0.25) is 5.91 Å². The van der Waals surface area contributed by atoms with Gasteiger partial charge in [0.25, 0.3) is 0 Å². The van der Waals surface area contributed by atoms with Crippen LogP contribution in [0.15, 0.2) is 47.4 Å². The second kappa shape index (κ2) is 8.53. The molecule has 28 heavy (non-hydrogen) atoms. The molecule has 0 unspecified atom stereocenters. The van der Waals surface area contributed by atoms with Crippen LogP contribution in [0.3, 0.4) is 0 Å². The number of aliphatic carboxylic acids is 1. The zero-order valence-corrected chi connectivity index (χ0v) is 16.7. The summed E-state index contributed by atoms with van der Waals surface area (Å²) in [6, 6.07) is 14.9. The van der Waals surface area contributed by atoms with Gasteiger partial charge < -0.3 is 10.4 Å². The van der Waals surface area contributed by atoms with Crippen LogP contribution in [0.25, 0.3) is 10.8 Å². The normalized spacial score (nSPS) is 21.5. The number of thioether (sulfide) groups is 1. The van der Waals surface area contributed by atoms with Crippen LogP contribution in [0.1, 0.15) is 25.7 Å². The predicted molar refractivity (Wildman–Crippen MR) is 112 cm³/mol. The Morgan fingerprint density at radius 1 is 1.11 bits per heavy atom. The number of carboxylic acids is 1. The number of carbonyl (C=O) groups is 2. The van der Waals surface area contributed by atoms with E-state index in [0.717, 1.165) is 24.3 Å². The highest BCUT2D eigenvalue weighted by molar-refractivity contribution is 8.00. The number of carbonyl (C=O) groups excluding carboxylic acids is 1. The first-order valence-corrected chi connectivity index (χ1v) is 10.9. The van der Waals surface area contributed by atoms with E-state index >= 15 is 0 Å². The van der Waals surface area contributed by atoms with Gasteiger partial charge in [0, 0.05) is 23.5 Å². The number of rotatable bonds is 9. The third-order valence-corrected chi connectivity index (χ3v) is 6.61. The number of amides is 1. The molecule has 2 saturated carbocycles. The first-order valence-electron chi connectivity index (χ1n) is 9.93. The van der Waals surface area contributed by atoms with Crippen LogP contribution in [0.4, 0.5) is 0 Å². The minimum Gasteiger partial charge on any atom is -0.480 e. The molecule has 2 aliphatic rings. The zero-order valence-electron chi connectivity index (χ0n) is 15.8. The Labute approximate surface area is 169 Å². The van der Waals surface area contributed by atoms with Crippen molar-refractivity contribution in [3.63, 3.8) is 0 Å². The molecule has 0 saturated heterocycles. The second-order valence-corrected chi connectivity index (χ2v) is 9.00. The van der Waals surface area contributed by atoms with E-state index in [-0.39, 0.29) is 24.5 Å². The quantitative estimate of drug-likeness (QED) is 0.634.